The zero-order valence-corrected chi connectivity index (χ0v) is 15.6. The molecule has 27 heavy (non-hydrogen) atoms. The number of nitrogens with zero attached hydrogens (tertiary/aromatic N) is 3. The lowest BCUT2D eigenvalue weighted by molar-refractivity contribution is -0.131. The minimum Gasteiger partial charge on any atom is -0.408 e. The van der Waals surface area contributed by atoms with E-state index < -0.39 is 5.76 Å². The van der Waals surface area contributed by atoms with Crippen LogP contribution in [-0.2, 0) is 17.9 Å². The van der Waals surface area contributed by atoms with E-state index in [2.05, 4.69) is 9.97 Å². The van der Waals surface area contributed by atoms with Crippen LogP contribution in [0, 0.1) is 6.92 Å². The molecule has 0 radical (unpaired) electrons. The Kier molecular flexibility index (Phi) is 4.24. The summed E-state index contributed by atoms with van der Waals surface area (Å²) in [6.07, 6.45) is 0. The first-order chi connectivity index (χ1) is 12.9. The van der Waals surface area contributed by atoms with E-state index in [1.165, 1.54) is 9.47 Å². The second kappa shape index (κ2) is 6.59. The van der Waals surface area contributed by atoms with Crippen molar-refractivity contribution in [1.29, 1.82) is 0 Å². The number of rotatable bonds is 4. The molecule has 2 aromatic carbocycles. The van der Waals surface area contributed by atoms with Crippen LogP contribution in [0.1, 0.15) is 11.4 Å². The highest BCUT2D eigenvalue weighted by Crippen LogP contribution is 2.19. The standard InChI is InChI=1S/C19H17ClN4O3/c1-11-3-5-13-14(7-11)22-17(21-13)9-23(2)18(25)10-24-15-8-12(20)4-6-16(15)27-19(24)26/h3-8H,9-10H2,1-2H3,(H,21,22). The topological polar surface area (TPSA) is 84.1 Å². The Hall–Kier alpha value is -3.06. The summed E-state index contributed by atoms with van der Waals surface area (Å²) in [6.45, 7) is 2.18. The van der Waals surface area contributed by atoms with Gasteiger partial charge < -0.3 is 14.3 Å². The number of hydrogen-bond acceptors (Lipinski definition) is 4. The molecule has 1 N–H and O–H groups in total. The smallest absolute Gasteiger partial charge is 0.408 e. The van der Waals surface area contributed by atoms with Crippen molar-refractivity contribution >= 4 is 39.6 Å². The quantitative estimate of drug-likeness (QED) is 0.586. The summed E-state index contributed by atoms with van der Waals surface area (Å²) in [6, 6.07) is 10.8. The van der Waals surface area contributed by atoms with E-state index in [-0.39, 0.29) is 12.5 Å². The Morgan fingerprint density at radius 1 is 1.30 bits per heavy atom. The summed E-state index contributed by atoms with van der Waals surface area (Å²) in [5.74, 6) is -0.150. The van der Waals surface area contributed by atoms with Crippen LogP contribution in [0.3, 0.4) is 0 Å². The van der Waals surface area contributed by atoms with Crippen molar-refractivity contribution < 1.29 is 9.21 Å². The fourth-order valence-electron chi connectivity index (χ4n) is 3.00. The number of amides is 1. The number of hydrogen-bond donors (Lipinski definition) is 1. The van der Waals surface area contributed by atoms with E-state index in [0.717, 1.165) is 16.6 Å². The van der Waals surface area contributed by atoms with Gasteiger partial charge in [-0.15, -0.1) is 0 Å². The number of benzene rings is 2. The van der Waals surface area contributed by atoms with Crippen LogP contribution in [0.15, 0.2) is 45.6 Å². The molecule has 0 aliphatic heterocycles. The number of aromatic nitrogens is 3. The summed E-state index contributed by atoms with van der Waals surface area (Å²) in [4.78, 5) is 33.9. The Labute approximate surface area is 159 Å². The van der Waals surface area contributed by atoms with E-state index in [4.69, 9.17) is 16.0 Å². The van der Waals surface area contributed by atoms with Gasteiger partial charge in [-0.05, 0) is 42.8 Å². The highest BCUT2D eigenvalue weighted by molar-refractivity contribution is 6.31. The van der Waals surface area contributed by atoms with Gasteiger partial charge in [0.15, 0.2) is 5.58 Å². The molecular weight excluding hydrogens is 368 g/mol. The van der Waals surface area contributed by atoms with Crippen LogP contribution < -0.4 is 5.76 Å². The van der Waals surface area contributed by atoms with Crippen LogP contribution >= 0.6 is 11.6 Å². The highest BCUT2D eigenvalue weighted by atomic mass is 35.5. The van der Waals surface area contributed by atoms with Crippen LogP contribution in [0.4, 0.5) is 0 Å². The minimum atomic E-state index is -0.590. The van der Waals surface area contributed by atoms with Crippen LogP contribution in [0.5, 0.6) is 0 Å². The third-order valence-electron chi connectivity index (χ3n) is 4.42. The van der Waals surface area contributed by atoms with Crippen molar-refractivity contribution in [2.24, 2.45) is 0 Å². The molecule has 0 atom stereocenters. The van der Waals surface area contributed by atoms with Crippen molar-refractivity contribution in [1.82, 2.24) is 19.4 Å². The van der Waals surface area contributed by atoms with Crippen LogP contribution in [-0.4, -0.2) is 32.4 Å². The predicted octanol–water partition coefficient (Wildman–Crippen LogP) is 3.09. The first-order valence-corrected chi connectivity index (χ1v) is 8.76. The summed E-state index contributed by atoms with van der Waals surface area (Å²) in [7, 11) is 1.67. The second-order valence-corrected chi connectivity index (χ2v) is 6.96. The van der Waals surface area contributed by atoms with E-state index in [0.29, 0.717) is 28.5 Å². The molecule has 0 spiro atoms. The summed E-state index contributed by atoms with van der Waals surface area (Å²) >= 11 is 5.99. The largest absolute Gasteiger partial charge is 0.420 e. The molecule has 138 valence electrons. The number of aryl methyl sites for hydroxylation is 1. The Balaban J connectivity index is 1.55. The van der Waals surface area contributed by atoms with Gasteiger partial charge in [-0.3, -0.25) is 9.36 Å². The van der Waals surface area contributed by atoms with Gasteiger partial charge in [0.05, 0.1) is 23.1 Å². The van der Waals surface area contributed by atoms with Crippen molar-refractivity contribution in [2.75, 3.05) is 7.05 Å². The average molecular weight is 385 g/mol. The number of carbonyl (C=O) groups excluding carboxylic acids is 1. The van der Waals surface area contributed by atoms with Gasteiger partial charge in [0.1, 0.15) is 12.4 Å². The van der Waals surface area contributed by atoms with Gasteiger partial charge in [0.25, 0.3) is 0 Å². The van der Waals surface area contributed by atoms with Crippen molar-refractivity contribution in [3.8, 4) is 0 Å². The highest BCUT2D eigenvalue weighted by Gasteiger charge is 2.17. The molecule has 7 nitrogen and oxygen atoms in total. The number of nitrogens with one attached hydrogen (secondary N) is 1. The molecule has 0 bridgehead atoms. The molecule has 0 unspecified atom stereocenters. The molecule has 4 aromatic rings. The number of fused-ring (bicyclic) bond motifs is 2. The van der Waals surface area contributed by atoms with Crippen LogP contribution in [0.25, 0.3) is 22.1 Å². The molecule has 0 fully saturated rings. The SMILES string of the molecule is Cc1ccc2nc(CN(C)C(=O)Cn3c(=O)oc4ccc(Cl)cc43)[nH]c2c1. The molecule has 2 aromatic heterocycles. The van der Waals surface area contributed by atoms with Gasteiger partial charge in [0, 0.05) is 12.1 Å². The summed E-state index contributed by atoms with van der Waals surface area (Å²) in [5.41, 5.74) is 3.80. The van der Waals surface area contributed by atoms with Gasteiger partial charge in [-0.2, -0.15) is 0 Å². The average Bonchev–Trinajstić information content (AvgIpc) is 3.15. The Bertz CT molecular complexity index is 1220. The molecule has 8 heteroatoms. The molecule has 1 amide bonds. The van der Waals surface area contributed by atoms with E-state index in [1.54, 1.807) is 25.2 Å². The zero-order valence-electron chi connectivity index (χ0n) is 14.8. The van der Waals surface area contributed by atoms with Gasteiger partial charge in [-0.25, -0.2) is 9.78 Å². The Morgan fingerprint density at radius 2 is 2.11 bits per heavy atom. The van der Waals surface area contributed by atoms with Gasteiger partial charge >= 0.3 is 5.76 Å². The van der Waals surface area contributed by atoms with Crippen molar-refractivity contribution in [3.63, 3.8) is 0 Å². The van der Waals surface area contributed by atoms with E-state index in [9.17, 15) is 9.59 Å². The molecule has 0 saturated carbocycles. The van der Waals surface area contributed by atoms with E-state index in [1.807, 2.05) is 25.1 Å². The van der Waals surface area contributed by atoms with Crippen molar-refractivity contribution in [2.45, 2.75) is 20.0 Å². The Morgan fingerprint density at radius 3 is 2.93 bits per heavy atom. The lowest BCUT2D eigenvalue weighted by Gasteiger charge is -2.15. The number of halogens is 1. The zero-order chi connectivity index (χ0) is 19.1. The summed E-state index contributed by atoms with van der Waals surface area (Å²) in [5, 5.41) is 0.468. The molecule has 2 heterocycles. The normalized spacial score (nSPS) is 11.4. The third kappa shape index (κ3) is 3.33. The first kappa shape index (κ1) is 17.4. The number of aromatic amines is 1. The number of oxazole rings is 1. The maximum absolute atomic E-state index is 12.6. The molecule has 0 saturated heterocycles. The van der Waals surface area contributed by atoms with Gasteiger partial charge in [-0.1, -0.05) is 17.7 Å². The lowest BCUT2D eigenvalue weighted by atomic mass is 10.2. The molecule has 4 rings (SSSR count). The third-order valence-corrected chi connectivity index (χ3v) is 4.66. The number of carbonyl (C=O) groups is 1. The molecule has 0 aliphatic rings. The van der Waals surface area contributed by atoms with E-state index >= 15 is 0 Å². The lowest BCUT2D eigenvalue weighted by Crippen LogP contribution is -2.32. The number of H-pyrrole nitrogens is 1. The van der Waals surface area contributed by atoms with Gasteiger partial charge in [0.2, 0.25) is 5.91 Å². The first-order valence-electron chi connectivity index (χ1n) is 8.39. The van der Waals surface area contributed by atoms with Crippen molar-refractivity contribution in [3.05, 3.63) is 63.4 Å². The molecular formula is C19H17ClN4O3. The maximum Gasteiger partial charge on any atom is 0.420 e. The molecule has 0 aliphatic carbocycles. The number of imidazole rings is 1. The fourth-order valence-corrected chi connectivity index (χ4v) is 3.17. The number of likely N-dealkylation sites (N-methyl/N-ethyl adjacent to an activating group) is 1. The minimum absolute atomic E-state index is 0.137. The maximum atomic E-state index is 12.6. The second-order valence-electron chi connectivity index (χ2n) is 6.52. The van der Waals surface area contributed by atoms with Crippen LogP contribution in [0.2, 0.25) is 5.02 Å². The summed E-state index contributed by atoms with van der Waals surface area (Å²) < 4.78 is 6.44. The fraction of sp³-hybridized carbons (Fsp3) is 0.211. The monoisotopic (exact) mass is 384 g/mol. The predicted molar refractivity (Wildman–Crippen MR) is 103 cm³/mol.